The van der Waals surface area contributed by atoms with Crippen LogP contribution in [-0.4, -0.2) is 29.0 Å². The van der Waals surface area contributed by atoms with Gasteiger partial charge in [-0.1, -0.05) is 24.3 Å². The number of nitrogens with zero attached hydrogens (tertiary/aromatic N) is 1. The minimum absolute atomic E-state index is 0.0735. The first-order valence-electron chi connectivity index (χ1n) is 8.37. The number of amides is 1. The SMILES string of the molecule is Cc1cccc(C(=O)N2CCC(Cc3cccc(F)c3)CC2)c1O. The summed E-state index contributed by atoms with van der Waals surface area (Å²) in [7, 11) is 0. The lowest BCUT2D eigenvalue weighted by molar-refractivity contribution is 0.0687. The molecule has 1 amide bonds. The fourth-order valence-electron chi connectivity index (χ4n) is 3.34. The standard InChI is InChI=1S/C20H22FNO2/c1-14-4-2-7-18(19(14)23)20(24)22-10-8-15(9-11-22)12-16-5-3-6-17(21)13-16/h2-7,13,15,23H,8-12H2,1H3. The van der Waals surface area contributed by atoms with Gasteiger partial charge in [0.25, 0.3) is 5.91 Å². The Labute approximate surface area is 141 Å². The molecule has 3 rings (SSSR count). The molecule has 1 aliphatic heterocycles. The molecule has 1 aliphatic rings. The van der Waals surface area contributed by atoms with Gasteiger partial charge in [0.05, 0.1) is 5.56 Å². The summed E-state index contributed by atoms with van der Waals surface area (Å²) in [5.74, 6) is 0.224. The third-order valence-electron chi connectivity index (χ3n) is 4.78. The van der Waals surface area contributed by atoms with Crippen LogP contribution in [0.1, 0.15) is 34.3 Å². The quantitative estimate of drug-likeness (QED) is 0.928. The lowest BCUT2D eigenvalue weighted by Gasteiger charge is -2.32. The maximum atomic E-state index is 13.3. The molecule has 4 heteroatoms. The van der Waals surface area contributed by atoms with Crippen LogP contribution < -0.4 is 0 Å². The summed E-state index contributed by atoms with van der Waals surface area (Å²) in [6, 6.07) is 12.0. The Morgan fingerprint density at radius 3 is 2.62 bits per heavy atom. The second-order valence-electron chi connectivity index (χ2n) is 6.54. The van der Waals surface area contributed by atoms with Crippen molar-refractivity contribution >= 4 is 5.91 Å². The van der Waals surface area contributed by atoms with Gasteiger partial charge in [-0.2, -0.15) is 0 Å². The van der Waals surface area contributed by atoms with Gasteiger partial charge in [-0.3, -0.25) is 4.79 Å². The number of para-hydroxylation sites is 1. The Kier molecular flexibility index (Phi) is 4.84. The number of hydrogen-bond donors (Lipinski definition) is 1. The number of hydrogen-bond acceptors (Lipinski definition) is 2. The minimum atomic E-state index is -0.199. The van der Waals surface area contributed by atoms with Gasteiger partial charge in [0.15, 0.2) is 0 Å². The maximum absolute atomic E-state index is 13.3. The Hall–Kier alpha value is -2.36. The second-order valence-corrected chi connectivity index (χ2v) is 6.54. The number of phenolic OH excluding ortho intramolecular Hbond substituents is 1. The van der Waals surface area contributed by atoms with Gasteiger partial charge in [-0.25, -0.2) is 4.39 Å². The second kappa shape index (κ2) is 7.04. The highest BCUT2D eigenvalue weighted by atomic mass is 19.1. The van der Waals surface area contributed by atoms with E-state index in [0.29, 0.717) is 30.1 Å². The van der Waals surface area contributed by atoms with E-state index in [1.807, 2.05) is 6.07 Å². The minimum Gasteiger partial charge on any atom is -0.507 e. The van der Waals surface area contributed by atoms with Crippen molar-refractivity contribution in [1.29, 1.82) is 0 Å². The molecule has 0 spiro atoms. The van der Waals surface area contributed by atoms with E-state index >= 15 is 0 Å². The number of benzene rings is 2. The van der Waals surface area contributed by atoms with Gasteiger partial charge in [-0.15, -0.1) is 0 Å². The van der Waals surface area contributed by atoms with E-state index in [1.54, 1.807) is 42.2 Å². The third kappa shape index (κ3) is 3.58. The summed E-state index contributed by atoms with van der Waals surface area (Å²) in [5.41, 5.74) is 2.09. The predicted molar refractivity (Wildman–Crippen MR) is 91.6 cm³/mol. The fraction of sp³-hybridized carbons (Fsp3) is 0.350. The largest absolute Gasteiger partial charge is 0.507 e. The number of halogens is 1. The Balaban J connectivity index is 1.60. The molecule has 0 atom stereocenters. The van der Waals surface area contributed by atoms with Crippen LogP contribution in [0.2, 0.25) is 0 Å². The van der Waals surface area contributed by atoms with Gasteiger partial charge in [0, 0.05) is 13.1 Å². The van der Waals surface area contributed by atoms with Crippen LogP contribution in [0.15, 0.2) is 42.5 Å². The van der Waals surface area contributed by atoms with Crippen molar-refractivity contribution in [3.8, 4) is 5.75 Å². The first kappa shape index (κ1) is 16.5. The molecule has 0 unspecified atom stereocenters. The zero-order valence-corrected chi connectivity index (χ0v) is 13.8. The average Bonchev–Trinajstić information content (AvgIpc) is 2.57. The molecule has 0 radical (unpaired) electrons. The molecule has 126 valence electrons. The van der Waals surface area contributed by atoms with E-state index in [4.69, 9.17) is 0 Å². The van der Waals surface area contributed by atoms with Crippen molar-refractivity contribution in [1.82, 2.24) is 4.90 Å². The van der Waals surface area contributed by atoms with Crippen LogP contribution in [0, 0.1) is 18.7 Å². The summed E-state index contributed by atoms with van der Waals surface area (Å²) in [6.07, 6.45) is 2.64. The van der Waals surface area contributed by atoms with Crippen molar-refractivity contribution in [2.75, 3.05) is 13.1 Å². The molecule has 0 aliphatic carbocycles. The number of aromatic hydroxyl groups is 1. The Morgan fingerprint density at radius 2 is 1.92 bits per heavy atom. The average molecular weight is 327 g/mol. The topological polar surface area (TPSA) is 40.5 Å². The van der Waals surface area contributed by atoms with Crippen LogP contribution in [-0.2, 0) is 6.42 Å². The fourth-order valence-corrected chi connectivity index (χ4v) is 3.34. The molecular weight excluding hydrogens is 305 g/mol. The highest BCUT2D eigenvalue weighted by Gasteiger charge is 2.25. The van der Waals surface area contributed by atoms with Crippen LogP contribution in [0.3, 0.4) is 0 Å². The van der Waals surface area contributed by atoms with E-state index in [1.165, 1.54) is 6.07 Å². The van der Waals surface area contributed by atoms with Gasteiger partial charge >= 0.3 is 0 Å². The number of aryl methyl sites for hydroxylation is 1. The van der Waals surface area contributed by atoms with Crippen molar-refractivity contribution in [2.24, 2.45) is 5.92 Å². The molecule has 0 bridgehead atoms. The van der Waals surface area contributed by atoms with E-state index in [-0.39, 0.29) is 17.5 Å². The molecule has 3 nitrogen and oxygen atoms in total. The molecule has 1 N–H and O–H groups in total. The van der Waals surface area contributed by atoms with Crippen molar-refractivity contribution < 1.29 is 14.3 Å². The van der Waals surface area contributed by atoms with Crippen LogP contribution in [0.4, 0.5) is 4.39 Å². The van der Waals surface area contributed by atoms with E-state index in [0.717, 1.165) is 24.8 Å². The maximum Gasteiger partial charge on any atom is 0.257 e. The Bertz CT molecular complexity index is 736. The number of carbonyl (C=O) groups is 1. The molecule has 1 fully saturated rings. The summed E-state index contributed by atoms with van der Waals surface area (Å²) in [6.45, 7) is 3.13. The molecule has 1 saturated heterocycles. The van der Waals surface area contributed by atoms with Crippen LogP contribution in [0.5, 0.6) is 5.75 Å². The molecular formula is C20H22FNO2. The molecule has 0 aromatic heterocycles. The van der Waals surface area contributed by atoms with Crippen molar-refractivity contribution in [3.05, 3.63) is 65.0 Å². The number of rotatable bonds is 3. The van der Waals surface area contributed by atoms with Gasteiger partial charge < -0.3 is 10.0 Å². The summed E-state index contributed by atoms with van der Waals surface area (Å²) < 4.78 is 13.3. The van der Waals surface area contributed by atoms with E-state index < -0.39 is 0 Å². The summed E-state index contributed by atoms with van der Waals surface area (Å²) in [4.78, 5) is 14.4. The monoisotopic (exact) mass is 327 g/mol. The first-order valence-corrected chi connectivity index (χ1v) is 8.37. The molecule has 1 heterocycles. The summed E-state index contributed by atoms with van der Waals surface area (Å²) >= 11 is 0. The molecule has 0 saturated carbocycles. The van der Waals surface area contributed by atoms with Gasteiger partial charge in [0.2, 0.25) is 0 Å². The number of likely N-dealkylation sites (tertiary alicyclic amines) is 1. The lowest BCUT2D eigenvalue weighted by Crippen LogP contribution is -2.39. The van der Waals surface area contributed by atoms with E-state index in [9.17, 15) is 14.3 Å². The molecule has 24 heavy (non-hydrogen) atoms. The Morgan fingerprint density at radius 1 is 1.21 bits per heavy atom. The normalized spacial score (nSPS) is 15.5. The predicted octanol–water partition coefficient (Wildman–Crippen LogP) is 3.93. The van der Waals surface area contributed by atoms with Crippen molar-refractivity contribution in [3.63, 3.8) is 0 Å². The molecule has 2 aromatic carbocycles. The van der Waals surface area contributed by atoms with E-state index in [2.05, 4.69) is 0 Å². The third-order valence-corrected chi connectivity index (χ3v) is 4.78. The number of carbonyl (C=O) groups excluding carboxylic acids is 1. The van der Waals surface area contributed by atoms with Crippen molar-refractivity contribution in [2.45, 2.75) is 26.2 Å². The number of piperidine rings is 1. The van der Waals surface area contributed by atoms with Gasteiger partial charge in [-0.05, 0) is 61.4 Å². The molecule has 2 aromatic rings. The van der Waals surface area contributed by atoms with Gasteiger partial charge in [0.1, 0.15) is 11.6 Å². The van der Waals surface area contributed by atoms with Crippen LogP contribution in [0.25, 0.3) is 0 Å². The highest BCUT2D eigenvalue weighted by molar-refractivity contribution is 5.97. The zero-order valence-electron chi connectivity index (χ0n) is 13.8. The smallest absolute Gasteiger partial charge is 0.257 e. The zero-order chi connectivity index (χ0) is 17.1. The highest BCUT2D eigenvalue weighted by Crippen LogP contribution is 2.27. The first-order chi connectivity index (χ1) is 11.5. The lowest BCUT2D eigenvalue weighted by atomic mass is 9.90. The summed E-state index contributed by atoms with van der Waals surface area (Å²) in [5, 5.41) is 10.1. The number of phenols is 1. The van der Waals surface area contributed by atoms with Crippen LogP contribution >= 0.6 is 0 Å².